The maximum atomic E-state index is 13.4. The van der Waals surface area contributed by atoms with E-state index in [4.69, 9.17) is 23.2 Å². The number of hydrogen-bond donors (Lipinski definition) is 1. The minimum atomic E-state index is -0.459. The van der Waals surface area contributed by atoms with E-state index in [-0.39, 0.29) is 12.1 Å². The van der Waals surface area contributed by atoms with Gasteiger partial charge in [0.25, 0.3) is 0 Å². The predicted molar refractivity (Wildman–Crippen MR) is 73.4 cm³/mol. The molecular formula is C14H11Cl2F2N. The van der Waals surface area contributed by atoms with Crippen LogP contribution in [0.5, 0.6) is 0 Å². The lowest BCUT2D eigenvalue weighted by Gasteiger charge is -2.08. The van der Waals surface area contributed by atoms with Gasteiger partial charge in [0, 0.05) is 28.7 Å². The van der Waals surface area contributed by atoms with Crippen molar-refractivity contribution >= 4 is 23.2 Å². The Morgan fingerprint density at radius 3 is 2.42 bits per heavy atom. The van der Waals surface area contributed by atoms with Gasteiger partial charge in [-0.2, -0.15) is 0 Å². The Balaban J connectivity index is 2.00. The summed E-state index contributed by atoms with van der Waals surface area (Å²) in [6.07, 6.45) is 0. The minimum Gasteiger partial charge on any atom is -0.308 e. The third-order valence-electron chi connectivity index (χ3n) is 2.65. The summed E-state index contributed by atoms with van der Waals surface area (Å²) in [5, 5.41) is 4.17. The summed E-state index contributed by atoms with van der Waals surface area (Å²) >= 11 is 11.9. The second-order valence-electron chi connectivity index (χ2n) is 4.08. The molecule has 2 aromatic rings. The van der Waals surface area contributed by atoms with E-state index >= 15 is 0 Å². The zero-order valence-electron chi connectivity index (χ0n) is 9.89. The molecule has 0 saturated carbocycles. The molecule has 2 rings (SSSR count). The van der Waals surface area contributed by atoms with Gasteiger partial charge in [-0.15, -0.1) is 0 Å². The van der Waals surface area contributed by atoms with Gasteiger partial charge < -0.3 is 5.32 Å². The number of nitrogens with one attached hydrogen (secondary N) is 1. The summed E-state index contributed by atoms with van der Waals surface area (Å²) in [7, 11) is 0. The Morgan fingerprint density at radius 2 is 1.63 bits per heavy atom. The minimum absolute atomic E-state index is 0.215. The standard InChI is InChI=1S/C14H11Cl2F2N/c15-11-1-3-13(16)9(5-11)7-19-8-10-6-12(17)2-4-14(10)18/h1-6,19H,7-8H2. The summed E-state index contributed by atoms with van der Waals surface area (Å²) in [6.45, 7) is 0.641. The van der Waals surface area contributed by atoms with E-state index < -0.39 is 11.6 Å². The maximum Gasteiger partial charge on any atom is 0.127 e. The van der Waals surface area contributed by atoms with Gasteiger partial charge in [0.2, 0.25) is 0 Å². The molecule has 0 aliphatic heterocycles. The molecule has 19 heavy (non-hydrogen) atoms. The highest BCUT2D eigenvalue weighted by atomic mass is 35.5. The first-order valence-electron chi connectivity index (χ1n) is 5.65. The molecule has 0 fully saturated rings. The van der Waals surface area contributed by atoms with Crippen molar-refractivity contribution in [1.82, 2.24) is 5.32 Å². The summed E-state index contributed by atoms with van der Waals surface area (Å²) in [5.74, 6) is -0.898. The fraction of sp³-hybridized carbons (Fsp3) is 0.143. The molecule has 0 saturated heterocycles. The van der Waals surface area contributed by atoms with Crippen molar-refractivity contribution in [3.63, 3.8) is 0 Å². The number of benzene rings is 2. The van der Waals surface area contributed by atoms with E-state index in [9.17, 15) is 8.78 Å². The Bertz CT molecular complexity index is 536. The normalized spacial score (nSPS) is 10.7. The summed E-state index contributed by atoms with van der Waals surface area (Å²) in [4.78, 5) is 0. The highest BCUT2D eigenvalue weighted by Crippen LogP contribution is 2.20. The molecule has 0 radical (unpaired) electrons. The van der Waals surface area contributed by atoms with Gasteiger partial charge in [-0.1, -0.05) is 23.2 Å². The zero-order chi connectivity index (χ0) is 13.8. The van der Waals surface area contributed by atoms with Crippen LogP contribution in [0.4, 0.5) is 8.78 Å². The van der Waals surface area contributed by atoms with Crippen LogP contribution in [-0.2, 0) is 13.1 Å². The zero-order valence-corrected chi connectivity index (χ0v) is 11.4. The number of rotatable bonds is 4. The molecule has 1 nitrogen and oxygen atoms in total. The summed E-state index contributed by atoms with van der Waals surface area (Å²) < 4.78 is 26.4. The molecular weight excluding hydrogens is 291 g/mol. The molecule has 2 aromatic carbocycles. The third kappa shape index (κ3) is 3.90. The van der Waals surface area contributed by atoms with Crippen LogP contribution in [0.1, 0.15) is 11.1 Å². The van der Waals surface area contributed by atoms with Crippen molar-refractivity contribution in [1.29, 1.82) is 0 Å². The maximum absolute atomic E-state index is 13.4. The van der Waals surface area contributed by atoms with Crippen LogP contribution in [0.2, 0.25) is 10.0 Å². The van der Waals surface area contributed by atoms with E-state index in [2.05, 4.69) is 5.32 Å². The lowest BCUT2D eigenvalue weighted by Crippen LogP contribution is -2.14. The van der Waals surface area contributed by atoms with Gasteiger partial charge in [-0.25, -0.2) is 8.78 Å². The van der Waals surface area contributed by atoms with Crippen molar-refractivity contribution in [2.75, 3.05) is 0 Å². The van der Waals surface area contributed by atoms with E-state index in [1.807, 2.05) is 0 Å². The Morgan fingerprint density at radius 1 is 0.895 bits per heavy atom. The van der Waals surface area contributed by atoms with Crippen LogP contribution in [-0.4, -0.2) is 0 Å². The molecule has 5 heteroatoms. The molecule has 0 aliphatic rings. The van der Waals surface area contributed by atoms with Crippen LogP contribution in [0.15, 0.2) is 36.4 Å². The van der Waals surface area contributed by atoms with Crippen molar-refractivity contribution < 1.29 is 8.78 Å². The quantitative estimate of drug-likeness (QED) is 0.873. The molecule has 1 N–H and O–H groups in total. The molecule has 0 aliphatic carbocycles. The average Bonchev–Trinajstić information content (AvgIpc) is 2.38. The SMILES string of the molecule is Fc1ccc(F)c(CNCc2cc(Cl)ccc2Cl)c1. The van der Waals surface area contributed by atoms with Gasteiger partial charge in [0.05, 0.1) is 0 Å². The van der Waals surface area contributed by atoms with Crippen molar-refractivity contribution in [3.05, 3.63) is 69.2 Å². The monoisotopic (exact) mass is 301 g/mol. The lowest BCUT2D eigenvalue weighted by molar-refractivity contribution is 0.568. The van der Waals surface area contributed by atoms with Crippen molar-refractivity contribution in [3.8, 4) is 0 Å². The molecule has 0 heterocycles. The fourth-order valence-corrected chi connectivity index (χ4v) is 2.07. The topological polar surface area (TPSA) is 12.0 Å². The second kappa shape index (κ2) is 6.33. The van der Waals surface area contributed by atoms with E-state index in [0.29, 0.717) is 16.6 Å². The summed E-state index contributed by atoms with van der Waals surface area (Å²) in [6, 6.07) is 8.50. The highest BCUT2D eigenvalue weighted by molar-refractivity contribution is 6.33. The van der Waals surface area contributed by atoms with Gasteiger partial charge in [0.15, 0.2) is 0 Å². The third-order valence-corrected chi connectivity index (χ3v) is 3.25. The molecule has 0 unspecified atom stereocenters. The van der Waals surface area contributed by atoms with Crippen LogP contribution >= 0.6 is 23.2 Å². The second-order valence-corrected chi connectivity index (χ2v) is 4.92. The largest absolute Gasteiger partial charge is 0.308 e. The Labute approximate surface area is 120 Å². The van der Waals surface area contributed by atoms with Crippen LogP contribution < -0.4 is 5.32 Å². The Kier molecular flexibility index (Phi) is 4.75. The lowest BCUT2D eigenvalue weighted by atomic mass is 10.2. The van der Waals surface area contributed by atoms with Crippen LogP contribution in [0.25, 0.3) is 0 Å². The number of halogens is 4. The van der Waals surface area contributed by atoms with Gasteiger partial charge in [-0.05, 0) is 42.0 Å². The van der Waals surface area contributed by atoms with E-state index in [0.717, 1.165) is 17.7 Å². The van der Waals surface area contributed by atoms with E-state index in [1.54, 1.807) is 18.2 Å². The van der Waals surface area contributed by atoms with Gasteiger partial charge in [-0.3, -0.25) is 0 Å². The van der Waals surface area contributed by atoms with Crippen LogP contribution in [0, 0.1) is 11.6 Å². The molecule has 0 amide bonds. The van der Waals surface area contributed by atoms with Crippen molar-refractivity contribution in [2.45, 2.75) is 13.1 Å². The fourth-order valence-electron chi connectivity index (χ4n) is 1.69. The van der Waals surface area contributed by atoms with Crippen LogP contribution in [0.3, 0.4) is 0 Å². The molecule has 0 spiro atoms. The molecule has 0 bridgehead atoms. The smallest absolute Gasteiger partial charge is 0.127 e. The first-order chi connectivity index (χ1) is 9.06. The molecule has 100 valence electrons. The summed E-state index contributed by atoms with van der Waals surface area (Å²) in [5.41, 5.74) is 1.09. The van der Waals surface area contributed by atoms with Gasteiger partial charge >= 0.3 is 0 Å². The van der Waals surface area contributed by atoms with E-state index in [1.165, 1.54) is 6.07 Å². The number of hydrogen-bond acceptors (Lipinski definition) is 1. The predicted octanol–water partition coefficient (Wildman–Crippen LogP) is 4.56. The van der Waals surface area contributed by atoms with Gasteiger partial charge in [0.1, 0.15) is 11.6 Å². The molecule has 0 aromatic heterocycles. The average molecular weight is 302 g/mol. The van der Waals surface area contributed by atoms with Crippen molar-refractivity contribution in [2.24, 2.45) is 0 Å². The molecule has 0 atom stereocenters. The first-order valence-corrected chi connectivity index (χ1v) is 6.40. The Hall–Kier alpha value is -1.16. The highest BCUT2D eigenvalue weighted by Gasteiger charge is 2.05. The first kappa shape index (κ1) is 14.3.